The summed E-state index contributed by atoms with van der Waals surface area (Å²) in [5.74, 6) is -1.92. The van der Waals surface area contributed by atoms with Crippen molar-refractivity contribution in [1.82, 2.24) is 4.57 Å². The molecule has 3 N–H and O–H groups in total. The first kappa shape index (κ1) is 26.6. The number of rotatable bonds is 5. The normalized spacial score (nSPS) is 11.9. The fourth-order valence-electron chi connectivity index (χ4n) is 4.57. The Morgan fingerprint density at radius 1 is 0.900 bits per heavy atom. The van der Waals surface area contributed by atoms with Crippen LogP contribution < -0.4 is 0 Å². The molecule has 0 saturated heterocycles. The third kappa shape index (κ3) is 4.77. The number of carboxylic acid groups (broad SMARTS) is 1. The number of aromatic carboxylic acids is 1. The first-order valence-electron chi connectivity index (χ1n) is 12.2. The average molecular weight is 545 g/mol. The molecule has 0 spiro atoms. The van der Waals surface area contributed by atoms with Gasteiger partial charge in [0.1, 0.15) is 11.3 Å². The lowest BCUT2D eigenvalue weighted by molar-refractivity contribution is -0.137. The Balaban J connectivity index is 1.63. The molecule has 5 aromatic rings. The number of para-hydroxylation sites is 1. The van der Waals surface area contributed by atoms with Crippen molar-refractivity contribution in [3.8, 4) is 28.4 Å². The third-order valence-electron chi connectivity index (χ3n) is 6.82. The van der Waals surface area contributed by atoms with E-state index in [2.05, 4.69) is 4.99 Å². The number of aryl methyl sites for hydroxylation is 2. The molecule has 0 unspecified atom stereocenters. The molecule has 40 heavy (non-hydrogen) atoms. The summed E-state index contributed by atoms with van der Waals surface area (Å²) in [5, 5.41) is 31.4. The van der Waals surface area contributed by atoms with Crippen LogP contribution in [0.4, 0.5) is 18.9 Å². The molecule has 0 atom stereocenters. The first-order valence-corrected chi connectivity index (χ1v) is 12.2. The molecule has 0 amide bonds. The molecule has 202 valence electrons. The second kappa shape index (κ2) is 9.92. The van der Waals surface area contributed by atoms with Crippen LogP contribution in [0.25, 0.3) is 27.7 Å². The number of aliphatic imine (C=N–C) groups is 1. The van der Waals surface area contributed by atoms with Crippen LogP contribution in [0.3, 0.4) is 0 Å². The van der Waals surface area contributed by atoms with Crippen molar-refractivity contribution in [2.24, 2.45) is 4.99 Å². The number of alkyl halides is 3. The van der Waals surface area contributed by atoms with Crippen molar-refractivity contribution in [2.75, 3.05) is 0 Å². The molecule has 1 aromatic heterocycles. The van der Waals surface area contributed by atoms with Gasteiger partial charge in [-0.3, -0.25) is 9.56 Å². The van der Waals surface area contributed by atoms with Gasteiger partial charge in [-0.25, -0.2) is 4.79 Å². The number of halogens is 3. The lowest BCUT2D eigenvalue weighted by Gasteiger charge is -2.11. The minimum absolute atomic E-state index is 0.168. The maximum atomic E-state index is 13.6. The highest BCUT2D eigenvalue weighted by atomic mass is 19.4. The van der Waals surface area contributed by atoms with Gasteiger partial charge in [0.15, 0.2) is 0 Å². The van der Waals surface area contributed by atoms with Crippen molar-refractivity contribution in [2.45, 2.75) is 20.0 Å². The number of hydrogen-bond donors (Lipinski definition) is 3. The maximum absolute atomic E-state index is 13.6. The molecule has 1 heterocycles. The molecular weight excluding hydrogens is 521 g/mol. The van der Waals surface area contributed by atoms with E-state index in [1.165, 1.54) is 29.0 Å². The molecule has 0 saturated carbocycles. The van der Waals surface area contributed by atoms with Gasteiger partial charge in [-0.1, -0.05) is 36.4 Å². The quantitative estimate of drug-likeness (QED) is 0.197. The van der Waals surface area contributed by atoms with Gasteiger partial charge in [0.25, 0.3) is 0 Å². The Kier molecular flexibility index (Phi) is 6.59. The van der Waals surface area contributed by atoms with Gasteiger partial charge in [0, 0.05) is 22.9 Å². The molecule has 9 heteroatoms. The summed E-state index contributed by atoms with van der Waals surface area (Å²) in [4.78, 5) is 15.9. The number of benzene rings is 4. The molecule has 0 radical (unpaired) electrons. The molecular formula is C31H23F3N2O4. The summed E-state index contributed by atoms with van der Waals surface area (Å²) in [6.07, 6.45) is -3.20. The largest absolute Gasteiger partial charge is 0.506 e. The van der Waals surface area contributed by atoms with E-state index >= 15 is 0 Å². The highest BCUT2D eigenvalue weighted by Crippen LogP contribution is 2.39. The topological polar surface area (TPSA) is 95.0 Å². The SMILES string of the molecule is Cc1ccc(-n2c(O)c(C=Nc3cccc(-c4cccc(C(=O)O)c4O)c3)c3ccc(C(F)(F)F)cc32)cc1C. The Hall–Kier alpha value is -5.05. The molecule has 0 aliphatic heterocycles. The Bertz CT molecular complexity index is 1820. The molecule has 4 aromatic carbocycles. The number of nitrogens with zero attached hydrogens (tertiary/aromatic N) is 2. The van der Waals surface area contributed by atoms with Gasteiger partial charge in [0.05, 0.1) is 22.3 Å². The molecule has 0 fully saturated rings. The van der Waals surface area contributed by atoms with Gasteiger partial charge >= 0.3 is 12.1 Å². The number of phenols is 1. The Morgan fingerprint density at radius 3 is 2.35 bits per heavy atom. The van der Waals surface area contributed by atoms with Gasteiger partial charge in [-0.05, 0) is 73.0 Å². The highest BCUT2D eigenvalue weighted by molar-refractivity contribution is 6.04. The van der Waals surface area contributed by atoms with E-state index in [1.807, 2.05) is 19.9 Å². The van der Waals surface area contributed by atoms with Gasteiger partial charge < -0.3 is 15.3 Å². The number of carboxylic acids is 1. The first-order chi connectivity index (χ1) is 19.0. The van der Waals surface area contributed by atoms with Crippen LogP contribution in [-0.2, 0) is 6.18 Å². The zero-order valence-electron chi connectivity index (χ0n) is 21.4. The standard InChI is InChI=1S/C31H23F3N2O4/c1-17-9-11-22(13-18(17)2)36-27-15-20(31(32,33)34)10-12-24(27)26(29(36)38)16-35-21-6-3-5-19(14-21)23-7-4-8-25(28(23)37)30(39)40/h3-16,37-38H,1-2H3,(H,39,40). The van der Waals surface area contributed by atoms with E-state index in [0.29, 0.717) is 27.9 Å². The van der Waals surface area contributed by atoms with Crippen molar-refractivity contribution < 1.29 is 33.3 Å². The summed E-state index contributed by atoms with van der Waals surface area (Å²) in [6.45, 7) is 3.79. The van der Waals surface area contributed by atoms with Crippen LogP contribution in [0.1, 0.15) is 32.6 Å². The van der Waals surface area contributed by atoms with E-state index in [1.54, 1.807) is 42.5 Å². The number of aromatic nitrogens is 1. The second-order valence-electron chi connectivity index (χ2n) is 9.39. The Morgan fingerprint density at radius 2 is 1.65 bits per heavy atom. The number of hydrogen-bond acceptors (Lipinski definition) is 4. The highest BCUT2D eigenvalue weighted by Gasteiger charge is 2.31. The summed E-state index contributed by atoms with van der Waals surface area (Å²) in [5.41, 5.74) is 2.93. The van der Waals surface area contributed by atoms with Crippen LogP contribution in [0.5, 0.6) is 11.6 Å². The summed E-state index contributed by atoms with van der Waals surface area (Å²) < 4.78 is 42.1. The smallest absolute Gasteiger partial charge is 0.416 e. The second-order valence-corrected chi connectivity index (χ2v) is 9.39. The van der Waals surface area contributed by atoms with Crippen LogP contribution in [0.15, 0.2) is 83.9 Å². The summed E-state index contributed by atoms with van der Waals surface area (Å²) in [7, 11) is 0. The lowest BCUT2D eigenvalue weighted by Crippen LogP contribution is -2.05. The Labute approximate surface area is 226 Å². The maximum Gasteiger partial charge on any atom is 0.416 e. The van der Waals surface area contributed by atoms with Crippen molar-refractivity contribution in [3.05, 3.63) is 107 Å². The van der Waals surface area contributed by atoms with E-state index in [0.717, 1.165) is 23.3 Å². The monoisotopic (exact) mass is 544 g/mol. The van der Waals surface area contributed by atoms with Crippen molar-refractivity contribution >= 4 is 28.8 Å². The average Bonchev–Trinajstić information content (AvgIpc) is 3.19. The minimum atomic E-state index is -4.57. The van der Waals surface area contributed by atoms with Gasteiger partial charge in [-0.2, -0.15) is 13.2 Å². The van der Waals surface area contributed by atoms with Crippen LogP contribution in [0, 0.1) is 13.8 Å². The zero-order valence-corrected chi connectivity index (χ0v) is 21.4. The van der Waals surface area contributed by atoms with Gasteiger partial charge in [-0.15, -0.1) is 0 Å². The number of fused-ring (bicyclic) bond motifs is 1. The van der Waals surface area contributed by atoms with E-state index in [4.69, 9.17) is 0 Å². The van der Waals surface area contributed by atoms with E-state index < -0.39 is 17.7 Å². The lowest BCUT2D eigenvalue weighted by atomic mass is 10.0. The summed E-state index contributed by atoms with van der Waals surface area (Å²) >= 11 is 0. The van der Waals surface area contributed by atoms with Crippen LogP contribution in [-0.4, -0.2) is 32.1 Å². The number of carbonyl (C=O) groups is 1. The number of aromatic hydroxyl groups is 2. The predicted octanol–water partition coefficient (Wildman–Crippen LogP) is 7.79. The van der Waals surface area contributed by atoms with Crippen molar-refractivity contribution in [3.63, 3.8) is 0 Å². The molecule has 6 nitrogen and oxygen atoms in total. The van der Waals surface area contributed by atoms with Gasteiger partial charge in [0.2, 0.25) is 5.88 Å². The zero-order chi connectivity index (χ0) is 28.8. The fraction of sp³-hybridized carbons (Fsp3) is 0.0968. The molecule has 0 bridgehead atoms. The van der Waals surface area contributed by atoms with Crippen LogP contribution in [0.2, 0.25) is 0 Å². The van der Waals surface area contributed by atoms with Crippen LogP contribution >= 0.6 is 0 Å². The predicted molar refractivity (Wildman–Crippen MR) is 147 cm³/mol. The summed E-state index contributed by atoms with van der Waals surface area (Å²) in [6, 6.07) is 19.6. The minimum Gasteiger partial charge on any atom is -0.506 e. The molecule has 5 rings (SSSR count). The molecule has 0 aliphatic rings. The molecule has 0 aliphatic carbocycles. The fourth-order valence-corrected chi connectivity index (χ4v) is 4.57. The van der Waals surface area contributed by atoms with E-state index in [-0.39, 0.29) is 28.3 Å². The van der Waals surface area contributed by atoms with Crippen molar-refractivity contribution in [1.29, 1.82) is 0 Å². The van der Waals surface area contributed by atoms with E-state index in [9.17, 15) is 33.3 Å². The third-order valence-corrected chi connectivity index (χ3v) is 6.82.